The predicted octanol–water partition coefficient (Wildman–Crippen LogP) is 3.39. The number of carbonyl (C=O) groups is 3. The molecule has 0 bridgehead atoms. The van der Waals surface area contributed by atoms with Crippen molar-refractivity contribution in [3.63, 3.8) is 0 Å². The van der Waals surface area contributed by atoms with Crippen LogP contribution in [0.25, 0.3) is 11.1 Å². The predicted molar refractivity (Wildman–Crippen MR) is 119 cm³/mol. The summed E-state index contributed by atoms with van der Waals surface area (Å²) in [5.41, 5.74) is 4.68. The van der Waals surface area contributed by atoms with Gasteiger partial charge in [0.25, 0.3) is 0 Å². The van der Waals surface area contributed by atoms with Crippen LogP contribution in [0.2, 0.25) is 0 Å². The minimum atomic E-state index is -0.801. The van der Waals surface area contributed by atoms with E-state index in [4.69, 9.17) is 9.84 Å². The maximum absolute atomic E-state index is 12.2. The highest BCUT2D eigenvalue weighted by Gasteiger charge is 2.43. The van der Waals surface area contributed by atoms with Gasteiger partial charge in [0.05, 0.1) is 5.92 Å². The zero-order valence-electron chi connectivity index (χ0n) is 18.0. The van der Waals surface area contributed by atoms with Crippen LogP contribution in [0.1, 0.15) is 36.8 Å². The molecule has 2 aromatic carbocycles. The summed E-state index contributed by atoms with van der Waals surface area (Å²) in [7, 11) is 0. The van der Waals surface area contributed by atoms with Crippen molar-refractivity contribution >= 4 is 18.0 Å². The third kappa shape index (κ3) is 4.93. The summed E-state index contributed by atoms with van der Waals surface area (Å²) in [5.74, 6) is -1.29. The lowest BCUT2D eigenvalue weighted by Crippen LogP contribution is -2.33. The monoisotopic (exact) mass is 436 g/mol. The molecule has 1 fully saturated rings. The van der Waals surface area contributed by atoms with Crippen LogP contribution in [0.3, 0.4) is 0 Å². The molecule has 0 spiro atoms. The zero-order valence-corrected chi connectivity index (χ0v) is 18.0. The molecule has 0 radical (unpaired) electrons. The average Bonchev–Trinajstić information content (AvgIpc) is 3.51. The number of carboxylic acids is 1. The van der Waals surface area contributed by atoms with E-state index in [0.717, 1.165) is 11.1 Å². The summed E-state index contributed by atoms with van der Waals surface area (Å²) in [6, 6.07) is 16.3. The second-order valence-corrected chi connectivity index (χ2v) is 8.76. The number of hydrogen-bond donors (Lipinski definition) is 3. The second kappa shape index (κ2) is 9.42. The molecule has 2 aliphatic carbocycles. The van der Waals surface area contributed by atoms with Crippen molar-refractivity contribution < 1.29 is 24.2 Å². The summed E-state index contributed by atoms with van der Waals surface area (Å²) in [5, 5.41) is 14.4. The van der Waals surface area contributed by atoms with Crippen LogP contribution in [0.5, 0.6) is 0 Å². The molecule has 1 saturated carbocycles. The van der Waals surface area contributed by atoms with E-state index in [1.165, 1.54) is 11.1 Å². The fourth-order valence-corrected chi connectivity index (χ4v) is 4.39. The molecule has 0 heterocycles. The van der Waals surface area contributed by atoms with Gasteiger partial charge in [0.1, 0.15) is 6.61 Å². The number of hydrogen-bond acceptors (Lipinski definition) is 4. The Bertz CT molecular complexity index is 975. The first-order chi connectivity index (χ1) is 15.4. The minimum Gasteiger partial charge on any atom is -0.481 e. The molecule has 2 aliphatic rings. The van der Waals surface area contributed by atoms with Crippen molar-refractivity contribution in [1.29, 1.82) is 0 Å². The van der Waals surface area contributed by atoms with Crippen LogP contribution in [-0.4, -0.2) is 42.8 Å². The highest BCUT2D eigenvalue weighted by molar-refractivity contribution is 5.79. The second-order valence-electron chi connectivity index (χ2n) is 8.76. The van der Waals surface area contributed by atoms with Gasteiger partial charge in [-0.15, -0.1) is 0 Å². The van der Waals surface area contributed by atoms with Gasteiger partial charge in [-0.05, 0) is 40.5 Å². The fourth-order valence-electron chi connectivity index (χ4n) is 4.39. The molecule has 2 amide bonds. The van der Waals surface area contributed by atoms with Gasteiger partial charge in [-0.3, -0.25) is 9.59 Å². The standard InChI is InChI=1S/C25H28N2O5/c1-15(10-23(28)26-13-16-11-21(16)24(29)30)12-27-25(31)32-14-22-19-8-4-2-6-17(19)18-7-3-5-9-20(18)22/h2-9,15-16,21-22H,10-14H2,1H3,(H,26,28)(H,27,31)(H,29,30). The SMILES string of the molecule is CC(CNC(=O)OCC1c2ccccc2-c2ccccc21)CC(=O)NCC1CC1C(=O)O. The molecule has 3 atom stereocenters. The number of alkyl carbamates (subject to hydrolysis) is 1. The Labute approximate surface area is 187 Å². The molecule has 168 valence electrons. The van der Waals surface area contributed by atoms with E-state index in [-0.39, 0.29) is 42.6 Å². The number of aliphatic carboxylic acids is 1. The van der Waals surface area contributed by atoms with Gasteiger partial charge < -0.3 is 20.5 Å². The molecule has 0 aromatic heterocycles. The van der Waals surface area contributed by atoms with Crippen LogP contribution in [0, 0.1) is 17.8 Å². The van der Waals surface area contributed by atoms with Gasteiger partial charge in [-0.2, -0.15) is 0 Å². The number of rotatable bonds is 9. The smallest absolute Gasteiger partial charge is 0.407 e. The summed E-state index contributed by atoms with van der Waals surface area (Å²) in [4.78, 5) is 35.1. The van der Waals surface area contributed by atoms with E-state index >= 15 is 0 Å². The number of fused-ring (bicyclic) bond motifs is 3. The Kier molecular flexibility index (Phi) is 6.44. The Morgan fingerprint density at radius 3 is 2.25 bits per heavy atom. The Morgan fingerprint density at radius 2 is 1.66 bits per heavy atom. The maximum Gasteiger partial charge on any atom is 0.407 e. The molecular weight excluding hydrogens is 408 g/mol. The van der Waals surface area contributed by atoms with Crippen LogP contribution >= 0.6 is 0 Å². The van der Waals surface area contributed by atoms with Crippen molar-refractivity contribution in [1.82, 2.24) is 10.6 Å². The number of benzene rings is 2. The number of carboxylic acid groups (broad SMARTS) is 1. The van der Waals surface area contributed by atoms with Crippen molar-refractivity contribution in [2.24, 2.45) is 17.8 Å². The van der Waals surface area contributed by atoms with Gasteiger partial charge in [0, 0.05) is 25.4 Å². The molecule has 3 unspecified atom stereocenters. The topological polar surface area (TPSA) is 105 Å². The molecule has 7 heteroatoms. The van der Waals surface area contributed by atoms with E-state index in [9.17, 15) is 14.4 Å². The normalized spacial score (nSPS) is 19.4. The van der Waals surface area contributed by atoms with Crippen molar-refractivity contribution in [2.45, 2.75) is 25.7 Å². The highest BCUT2D eigenvalue weighted by atomic mass is 16.5. The molecule has 3 N–H and O–H groups in total. The Hall–Kier alpha value is -3.35. The van der Waals surface area contributed by atoms with Gasteiger partial charge in [0.2, 0.25) is 5.91 Å². The Balaban J connectivity index is 1.19. The van der Waals surface area contributed by atoms with E-state index < -0.39 is 12.1 Å². The van der Waals surface area contributed by atoms with E-state index in [0.29, 0.717) is 19.5 Å². The van der Waals surface area contributed by atoms with Gasteiger partial charge in [-0.25, -0.2) is 4.79 Å². The molecule has 7 nitrogen and oxygen atoms in total. The van der Waals surface area contributed by atoms with Crippen LogP contribution in [-0.2, 0) is 14.3 Å². The van der Waals surface area contributed by atoms with Crippen LogP contribution in [0.4, 0.5) is 4.79 Å². The first-order valence-electron chi connectivity index (χ1n) is 11.0. The van der Waals surface area contributed by atoms with E-state index in [1.54, 1.807) is 0 Å². The lowest BCUT2D eigenvalue weighted by Gasteiger charge is -2.16. The number of amides is 2. The van der Waals surface area contributed by atoms with Gasteiger partial charge in [-0.1, -0.05) is 55.5 Å². The molecule has 0 aliphatic heterocycles. The highest BCUT2D eigenvalue weighted by Crippen LogP contribution is 2.44. The zero-order chi connectivity index (χ0) is 22.7. The molecule has 32 heavy (non-hydrogen) atoms. The van der Waals surface area contributed by atoms with Crippen molar-refractivity contribution in [2.75, 3.05) is 19.7 Å². The third-order valence-electron chi connectivity index (χ3n) is 6.27. The fraction of sp³-hybridized carbons (Fsp3) is 0.400. The summed E-state index contributed by atoms with van der Waals surface area (Å²) in [6.07, 6.45) is 0.379. The molecular formula is C25H28N2O5. The first-order valence-corrected chi connectivity index (χ1v) is 11.0. The summed E-state index contributed by atoms with van der Waals surface area (Å²) >= 11 is 0. The van der Waals surface area contributed by atoms with E-state index in [2.05, 4.69) is 34.9 Å². The first kappa shape index (κ1) is 21.9. The summed E-state index contributed by atoms with van der Waals surface area (Å²) < 4.78 is 5.51. The Morgan fingerprint density at radius 1 is 1.03 bits per heavy atom. The lowest BCUT2D eigenvalue weighted by molar-refractivity contribution is -0.139. The largest absolute Gasteiger partial charge is 0.481 e. The van der Waals surface area contributed by atoms with E-state index in [1.807, 2.05) is 31.2 Å². The number of nitrogens with one attached hydrogen (secondary N) is 2. The number of carbonyl (C=O) groups excluding carboxylic acids is 2. The van der Waals surface area contributed by atoms with Crippen LogP contribution in [0.15, 0.2) is 48.5 Å². The molecule has 2 aromatic rings. The lowest BCUT2D eigenvalue weighted by atomic mass is 9.98. The average molecular weight is 437 g/mol. The minimum absolute atomic E-state index is 0.00778. The summed E-state index contributed by atoms with van der Waals surface area (Å²) in [6.45, 7) is 2.84. The maximum atomic E-state index is 12.2. The molecule has 0 saturated heterocycles. The van der Waals surface area contributed by atoms with Crippen molar-refractivity contribution in [3.05, 3.63) is 59.7 Å². The van der Waals surface area contributed by atoms with Gasteiger partial charge >= 0.3 is 12.1 Å². The number of ether oxygens (including phenoxy) is 1. The molecule has 4 rings (SSSR count). The van der Waals surface area contributed by atoms with Crippen LogP contribution < -0.4 is 10.6 Å². The quantitative estimate of drug-likeness (QED) is 0.559. The third-order valence-corrected chi connectivity index (χ3v) is 6.27. The van der Waals surface area contributed by atoms with Gasteiger partial charge in [0.15, 0.2) is 0 Å². The van der Waals surface area contributed by atoms with Crippen molar-refractivity contribution in [3.8, 4) is 11.1 Å².